The highest BCUT2D eigenvalue weighted by atomic mass is 19.4. The smallest absolute Gasteiger partial charge is 0.363 e. The standard InChI is InChI=1S/C22H21F3N4O/c1-13-6-8-15(9-7-13)18-11-19(22(23,24)25)29-20(28-18)17(12-26-29)21(30)27-16-5-3-4-14(2)10-16/h3-10,12,18-19,28H,11H2,1-2H3,(H,27,30)/t18-,19-/m0/s1. The fourth-order valence-electron chi connectivity index (χ4n) is 3.67. The van der Waals surface area contributed by atoms with Crippen LogP contribution < -0.4 is 10.6 Å². The predicted molar refractivity (Wildman–Crippen MR) is 109 cm³/mol. The van der Waals surface area contributed by atoms with Crippen molar-refractivity contribution in [1.82, 2.24) is 9.78 Å². The Hall–Kier alpha value is -3.29. The number of carbonyl (C=O) groups excluding carboxylic acids is 1. The Kier molecular flexibility index (Phi) is 5.01. The van der Waals surface area contributed by atoms with E-state index in [4.69, 9.17) is 0 Å². The van der Waals surface area contributed by atoms with Crippen LogP contribution in [0.1, 0.15) is 45.6 Å². The summed E-state index contributed by atoms with van der Waals surface area (Å²) >= 11 is 0. The number of nitrogens with zero attached hydrogens (tertiary/aromatic N) is 2. The van der Waals surface area contributed by atoms with Gasteiger partial charge in [-0.25, -0.2) is 4.68 Å². The number of amides is 1. The largest absolute Gasteiger partial charge is 0.410 e. The normalized spacial score (nSPS) is 18.4. The number of benzene rings is 2. The molecule has 8 heteroatoms. The van der Waals surface area contributed by atoms with Gasteiger partial charge in [0.25, 0.3) is 5.91 Å². The Morgan fingerprint density at radius 1 is 1.13 bits per heavy atom. The number of aryl methyl sites for hydroxylation is 2. The first-order valence-electron chi connectivity index (χ1n) is 9.58. The lowest BCUT2D eigenvalue weighted by Gasteiger charge is -2.34. The van der Waals surface area contributed by atoms with Gasteiger partial charge in [0.15, 0.2) is 6.04 Å². The van der Waals surface area contributed by atoms with Gasteiger partial charge in [-0.15, -0.1) is 0 Å². The number of halogens is 3. The van der Waals surface area contributed by atoms with Crippen molar-refractivity contribution < 1.29 is 18.0 Å². The molecule has 1 aliphatic rings. The van der Waals surface area contributed by atoms with Gasteiger partial charge in [0.05, 0.1) is 12.2 Å². The van der Waals surface area contributed by atoms with Crippen molar-refractivity contribution in [2.24, 2.45) is 0 Å². The fraction of sp³-hybridized carbons (Fsp3) is 0.273. The molecule has 2 heterocycles. The number of carbonyl (C=O) groups is 1. The quantitative estimate of drug-likeness (QED) is 0.602. The molecule has 5 nitrogen and oxygen atoms in total. The molecule has 0 bridgehead atoms. The Bertz CT molecular complexity index is 1070. The average molecular weight is 414 g/mol. The maximum absolute atomic E-state index is 13.8. The molecule has 156 valence electrons. The highest BCUT2D eigenvalue weighted by Crippen LogP contribution is 2.44. The summed E-state index contributed by atoms with van der Waals surface area (Å²) < 4.78 is 42.2. The lowest BCUT2D eigenvalue weighted by atomic mass is 9.96. The van der Waals surface area contributed by atoms with Gasteiger partial charge >= 0.3 is 6.18 Å². The maximum atomic E-state index is 13.8. The Balaban J connectivity index is 1.69. The third-order valence-electron chi connectivity index (χ3n) is 5.24. The minimum absolute atomic E-state index is 0.0688. The second-order valence-corrected chi connectivity index (χ2v) is 7.58. The van der Waals surface area contributed by atoms with E-state index in [-0.39, 0.29) is 17.8 Å². The van der Waals surface area contributed by atoms with Crippen molar-refractivity contribution in [2.45, 2.75) is 38.5 Å². The van der Waals surface area contributed by atoms with Gasteiger partial charge in [-0.05, 0) is 37.1 Å². The molecular formula is C22H21F3N4O. The molecule has 4 rings (SSSR count). The van der Waals surface area contributed by atoms with Crippen molar-refractivity contribution in [2.75, 3.05) is 10.6 Å². The van der Waals surface area contributed by atoms with Crippen LogP contribution >= 0.6 is 0 Å². The Morgan fingerprint density at radius 2 is 1.87 bits per heavy atom. The molecule has 0 saturated heterocycles. The summed E-state index contributed by atoms with van der Waals surface area (Å²) in [5.74, 6) is -0.445. The summed E-state index contributed by atoms with van der Waals surface area (Å²) in [6.45, 7) is 3.80. The van der Waals surface area contributed by atoms with Crippen LogP contribution in [0.15, 0.2) is 54.7 Å². The molecule has 0 spiro atoms. The minimum Gasteiger partial charge on any atom is -0.363 e. The van der Waals surface area contributed by atoms with E-state index in [0.717, 1.165) is 21.4 Å². The molecule has 0 saturated carbocycles. The third-order valence-corrected chi connectivity index (χ3v) is 5.24. The lowest BCUT2D eigenvalue weighted by molar-refractivity contribution is -0.173. The van der Waals surface area contributed by atoms with Gasteiger partial charge in [-0.3, -0.25) is 4.79 Å². The number of hydrogen-bond donors (Lipinski definition) is 2. The molecule has 1 amide bonds. The minimum atomic E-state index is -4.49. The van der Waals surface area contributed by atoms with Crippen molar-refractivity contribution in [3.8, 4) is 0 Å². The maximum Gasteiger partial charge on any atom is 0.410 e. The fourth-order valence-corrected chi connectivity index (χ4v) is 3.67. The van der Waals surface area contributed by atoms with Crippen LogP contribution in [0, 0.1) is 13.8 Å². The SMILES string of the molecule is Cc1ccc([C@@H]2C[C@@H](C(F)(F)F)n3ncc(C(=O)Nc4cccc(C)c4)c3N2)cc1. The van der Waals surface area contributed by atoms with Crippen LogP contribution in [0.3, 0.4) is 0 Å². The molecule has 2 aromatic carbocycles. The van der Waals surface area contributed by atoms with Gasteiger partial charge in [0.1, 0.15) is 11.4 Å². The number of aromatic nitrogens is 2. The van der Waals surface area contributed by atoms with Gasteiger partial charge < -0.3 is 10.6 Å². The number of anilines is 2. The molecule has 0 radical (unpaired) electrons. The van der Waals surface area contributed by atoms with Crippen molar-refractivity contribution >= 4 is 17.4 Å². The topological polar surface area (TPSA) is 59.0 Å². The average Bonchev–Trinajstić information content (AvgIpc) is 3.11. The first-order chi connectivity index (χ1) is 14.2. The van der Waals surface area contributed by atoms with E-state index in [1.54, 1.807) is 30.3 Å². The van der Waals surface area contributed by atoms with Crippen LogP contribution in [0.2, 0.25) is 0 Å². The summed E-state index contributed by atoms with van der Waals surface area (Å²) in [4.78, 5) is 12.8. The number of nitrogens with one attached hydrogen (secondary N) is 2. The molecule has 2 N–H and O–H groups in total. The number of rotatable bonds is 3. The number of hydrogen-bond acceptors (Lipinski definition) is 3. The second-order valence-electron chi connectivity index (χ2n) is 7.58. The van der Waals surface area contributed by atoms with Gasteiger partial charge in [-0.1, -0.05) is 42.0 Å². The first kappa shape index (κ1) is 20.0. The van der Waals surface area contributed by atoms with E-state index in [1.807, 2.05) is 32.0 Å². The van der Waals surface area contributed by atoms with E-state index in [2.05, 4.69) is 15.7 Å². The number of alkyl halides is 3. The molecule has 2 atom stereocenters. The van der Waals surface area contributed by atoms with Crippen LogP contribution in [0.25, 0.3) is 0 Å². The second kappa shape index (κ2) is 7.51. The summed E-state index contributed by atoms with van der Waals surface area (Å²) in [5.41, 5.74) is 3.35. The zero-order valence-electron chi connectivity index (χ0n) is 16.5. The molecule has 0 aliphatic carbocycles. The van der Waals surface area contributed by atoms with E-state index in [0.29, 0.717) is 5.69 Å². The van der Waals surface area contributed by atoms with Crippen molar-refractivity contribution in [1.29, 1.82) is 0 Å². The van der Waals surface area contributed by atoms with Gasteiger partial charge in [-0.2, -0.15) is 18.3 Å². The summed E-state index contributed by atoms with van der Waals surface area (Å²) in [7, 11) is 0. The highest BCUT2D eigenvalue weighted by Gasteiger charge is 2.47. The summed E-state index contributed by atoms with van der Waals surface area (Å²) in [6, 6.07) is 12.1. The van der Waals surface area contributed by atoms with Crippen molar-refractivity contribution in [3.63, 3.8) is 0 Å². The summed E-state index contributed by atoms with van der Waals surface area (Å²) in [5, 5.41) is 9.74. The van der Waals surface area contributed by atoms with Crippen molar-refractivity contribution in [3.05, 3.63) is 77.0 Å². The van der Waals surface area contributed by atoms with Gasteiger partial charge in [0.2, 0.25) is 0 Å². The molecule has 3 aromatic rings. The molecule has 0 unspecified atom stereocenters. The Morgan fingerprint density at radius 3 is 2.53 bits per heavy atom. The van der Waals surface area contributed by atoms with Gasteiger partial charge in [0, 0.05) is 12.1 Å². The molecule has 30 heavy (non-hydrogen) atoms. The van der Waals surface area contributed by atoms with E-state index < -0.39 is 24.2 Å². The third kappa shape index (κ3) is 3.90. The zero-order chi connectivity index (χ0) is 21.5. The van der Waals surface area contributed by atoms with E-state index in [9.17, 15) is 18.0 Å². The zero-order valence-corrected chi connectivity index (χ0v) is 16.5. The molecule has 1 aliphatic heterocycles. The highest BCUT2D eigenvalue weighted by molar-refractivity contribution is 6.07. The monoisotopic (exact) mass is 414 g/mol. The van der Waals surface area contributed by atoms with Crippen LogP contribution in [0.5, 0.6) is 0 Å². The van der Waals surface area contributed by atoms with E-state index in [1.165, 1.54) is 6.20 Å². The van der Waals surface area contributed by atoms with Crippen LogP contribution in [-0.2, 0) is 0 Å². The molecule has 0 fully saturated rings. The lowest BCUT2D eigenvalue weighted by Crippen LogP contribution is -2.36. The van der Waals surface area contributed by atoms with Crippen LogP contribution in [0.4, 0.5) is 24.7 Å². The first-order valence-corrected chi connectivity index (χ1v) is 9.58. The Labute approximate surface area is 171 Å². The van der Waals surface area contributed by atoms with Crippen LogP contribution in [-0.4, -0.2) is 21.9 Å². The van der Waals surface area contributed by atoms with E-state index >= 15 is 0 Å². The predicted octanol–water partition coefficient (Wildman–Crippen LogP) is 5.41. The molecular weight excluding hydrogens is 393 g/mol. The number of fused-ring (bicyclic) bond motifs is 1. The summed E-state index contributed by atoms with van der Waals surface area (Å²) in [6.07, 6.45) is -3.51. The molecule has 1 aromatic heterocycles.